The number of hydrogen-bond acceptors (Lipinski definition) is 2. The molecule has 1 saturated heterocycles. The van der Waals surface area contributed by atoms with Crippen molar-refractivity contribution in [3.05, 3.63) is 35.4 Å². The first-order valence-corrected chi connectivity index (χ1v) is 6.98. The van der Waals surface area contributed by atoms with Crippen LogP contribution in [0.25, 0.3) is 0 Å². The number of rotatable bonds is 5. The van der Waals surface area contributed by atoms with E-state index in [1.165, 1.54) is 37.1 Å². The van der Waals surface area contributed by atoms with E-state index in [2.05, 4.69) is 23.1 Å². The maximum Gasteiger partial charge on any atom is 0.139 e. The van der Waals surface area contributed by atoms with Crippen molar-refractivity contribution >= 4 is 5.78 Å². The van der Waals surface area contributed by atoms with Crippen LogP contribution in [-0.2, 0) is 17.8 Å². The number of hydrogen-bond donors (Lipinski definition) is 0. The number of carbonyl (C=O) groups excluding carboxylic acids is 1. The van der Waals surface area contributed by atoms with Crippen molar-refractivity contribution in [1.82, 2.24) is 4.90 Å². The Bertz CT molecular complexity index is 405. The molecule has 0 unspecified atom stereocenters. The lowest BCUT2D eigenvalue weighted by Crippen LogP contribution is -2.20. The predicted molar refractivity (Wildman–Crippen MR) is 74.5 cm³/mol. The maximum atomic E-state index is 11.9. The van der Waals surface area contributed by atoms with Crippen molar-refractivity contribution in [2.24, 2.45) is 5.92 Å². The summed E-state index contributed by atoms with van der Waals surface area (Å²) >= 11 is 0. The summed E-state index contributed by atoms with van der Waals surface area (Å²) in [6.45, 7) is 7.36. The molecule has 0 saturated carbocycles. The number of likely N-dealkylation sites (tertiary alicyclic amines) is 1. The van der Waals surface area contributed by atoms with Crippen LogP contribution in [0.4, 0.5) is 0 Å². The van der Waals surface area contributed by atoms with Gasteiger partial charge < -0.3 is 0 Å². The Morgan fingerprint density at radius 2 is 1.78 bits per heavy atom. The molecular weight excluding hydrogens is 222 g/mol. The Kier molecular flexibility index (Phi) is 4.54. The lowest BCUT2D eigenvalue weighted by Gasteiger charge is -2.17. The summed E-state index contributed by atoms with van der Waals surface area (Å²) in [5.74, 6) is 0.466. The van der Waals surface area contributed by atoms with Crippen LogP contribution in [0.15, 0.2) is 24.3 Å². The molecule has 0 amide bonds. The Hall–Kier alpha value is -1.15. The fraction of sp³-hybridized carbons (Fsp3) is 0.562. The fourth-order valence-electron chi connectivity index (χ4n) is 2.46. The molecule has 2 nitrogen and oxygen atoms in total. The van der Waals surface area contributed by atoms with Gasteiger partial charge in [-0.25, -0.2) is 0 Å². The van der Waals surface area contributed by atoms with Gasteiger partial charge >= 0.3 is 0 Å². The van der Waals surface area contributed by atoms with E-state index < -0.39 is 0 Å². The number of benzene rings is 1. The molecule has 1 aliphatic heterocycles. The zero-order chi connectivity index (χ0) is 13.0. The molecule has 0 atom stereocenters. The Morgan fingerprint density at radius 3 is 2.39 bits per heavy atom. The van der Waals surface area contributed by atoms with Gasteiger partial charge in [-0.15, -0.1) is 0 Å². The van der Waals surface area contributed by atoms with Gasteiger partial charge in [0.15, 0.2) is 0 Å². The van der Waals surface area contributed by atoms with Crippen LogP contribution in [-0.4, -0.2) is 23.8 Å². The molecule has 98 valence electrons. The van der Waals surface area contributed by atoms with E-state index in [1.54, 1.807) is 0 Å². The highest BCUT2D eigenvalue weighted by atomic mass is 16.1. The van der Waals surface area contributed by atoms with Crippen LogP contribution in [0.2, 0.25) is 0 Å². The van der Waals surface area contributed by atoms with Crippen LogP contribution in [0.3, 0.4) is 0 Å². The highest BCUT2D eigenvalue weighted by Crippen LogP contribution is 2.17. The average molecular weight is 245 g/mol. The number of Topliss-reactive ketones (excluding diaryl/α,β-unsaturated/α-hetero) is 1. The van der Waals surface area contributed by atoms with Gasteiger partial charge in [-0.3, -0.25) is 9.69 Å². The van der Waals surface area contributed by atoms with Crippen LogP contribution in [0, 0.1) is 5.92 Å². The van der Waals surface area contributed by atoms with Gasteiger partial charge in [0.05, 0.1) is 0 Å². The highest BCUT2D eigenvalue weighted by molar-refractivity contribution is 5.82. The van der Waals surface area contributed by atoms with Gasteiger partial charge in [-0.05, 0) is 37.1 Å². The molecule has 0 aliphatic carbocycles. The fourth-order valence-corrected chi connectivity index (χ4v) is 2.46. The molecular formula is C16H23NO. The van der Waals surface area contributed by atoms with Gasteiger partial charge in [0.1, 0.15) is 5.78 Å². The van der Waals surface area contributed by atoms with Crippen molar-refractivity contribution in [2.75, 3.05) is 13.1 Å². The van der Waals surface area contributed by atoms with Crippen molar-refractivity contribution in [2.45, 2.75) is 39.7 Å². The minimum Gasteiger partial charge on any atom is -0.299 e. The maximum absolute atomic E-state index is 11.9. The average Bonchev–Trinajstić information content (AvgIpc) is 2.84. The molecule has 2 heteroatoms. The van der Waals surface area contributed by atoms with E-state index in [-0.39, 0.29) is 5.92 Å². The summed E-state index contributed by atoms with van der Waals surface area (Å²) in [7, 11) is 0. The SMILES string of the molecule is CC(C)C(=O)Cc1ccccc1CN1CCCC1. The molecule has 1 aromatic carbocycles. The molecule has 18 heavy (non-hydrogen) atoms. The van der Waals surface area contributed by atoms with E-state index in [4.69, 9.17) is 0 Å². The second kappa shape index (κ2) is 6.14. The third kappa shape index (κ3) is 3.42. The standard InChI is InChI=1S/C16H23NO/c1-13(2)16(18)11-14-7-3-4-8-15(14)12-17-9-5-6-10-17/h3-4,7-8,13H,5-6,9-12H2,1-2H3. The molecule has 0 radical (unpaired) electrons. The molecule has 0 aromatic heterocycles. The third-order valence-corrected chi connectivity index (χ3v) is 3.72. The highest BCUT2D eigenvalue weighted by Gasteiger charge is 2.15. The quantitative estimate of drug-likeness (QED) is 0.794. The van der Waals surface area contributed by atoms with Crippen molar-refractivity contribution in [3.63, 3.8) is 0 Å². The summed E-state index contributed by atoms with van der Waals surface area (Å²) in [6, 6.07) is 8.39. The summed E-state index contributed by atoms with van der Waals surface area (Å²) in [4.78, 5) is 14.4. The van der Waals surface area contributed by atoms with Crippen LogP contribution < -0.4 is 0 Å². The van der Waals surface area contributed by atoms with Crippen molar-refractivity contribution in [3.8, 4) is 0 Å². The topological polar surface area (TPSA) is 20.3 Å². The molecule has 1 fully saturated rings. The van der Waals surface area contributed by atoms with E-state index in [0.29, 0.717) is 12.2 Å². The number of ketones is 1. The molecule has 0 N–H and O–H groups in total. The van der Waals surface area contributed by atoms with E-state index in [1.807, 2.05) is 19.9 Å². The minimum absolute atomic E-state index is 0.129. The van der Waals surface area contributed by atoms with Crippen molar-refractivity contribution in [1.29, 1.82) is 0 Å². The zero-order valence-electron chi connectivity index (χ0n) is 11.5. The molecule has 1 aromatic rings. The predicted octanol–water partition coefficient (Wildman–Crippen LogP) is 3.05. The lowest BCUT2D eigenvalue weighted by molar-refractivity contribution is -0.121. The zero-order valence-corrected chi connectivity index (χ0v) is 11.5. The molecule has 0 bridgehead atoms. The molecule has 0 spiro atoms. The van der Waals surface area contributed by atoms with E-state index in [0.717, 1.165) is 6.54 Å². The Balaban J connectivity index is 2.07. The Morgan fingerprint density at radius 1 is 1.17 bits per heavy atom. The van der Waals surface area contributed by atoms with Crippen LogP contribution >= 0.6 is 0 Å². The van der Waals surface area contributed by atoms with Crippen molar-refractivity contribution < 1.29 is 4.79 Å². The van der Waals surface area contributed by atoms with Gasteiger partial charge in [0.2, 0.25) is 0 Å². The van der Waals surface area contributed by atoms with Crippen LogP contribution in [0.1, 0.15) is 37.8 Å². The van der Waals surface area contributed by atoms with Gasteiger partial charge in [0, 0.05) is 18.9 Å². The van der Waals surface area contributed by atoms with E-state index in [9.17, 15) is 4.79 Å². The van der Waals surface area contributed by atoms with Gasteiger partial charge in [-0.1, -0.05) is 38.1 Å². The third-order valence-electron chi connectivity index (χ3n) is 3.72. The second-order valence-electron chi connectivity index (χ2n) is 5.55. The first kappa shape index (κ1) is 13.3. The smallest absolute Gasteiger partial charge is 0.139 e. The summed E-state index contributed by atoms with van der Waals surface area (Å²) in [5.41, 5.74) is 2.54. The summed E-state index contributed by atoms with van der Waals surface area (Å²) < 4.78 is 0. The number of nitrogens with zero attached hydrogens (tertiary/aromatic N) is 1. The largest absolute Gasteiger partial charge is 0.299 e. The first-order chi connectivity index (χ1) is 8.66. The monoisotopic (exact) mass is 245 g/mol. The lowest BCUT2D eigenvalue weighted by atomic mass is 9.97. The molecule has 2 rings (SSSR count). The van der Waals surface area contributed by atoms with Crippen LogP contribution in [0.5, 0.6) is 0 Å². The normalized spacial score (nSPS) is 16.4. The van der Waals surface area contributed by atoms with E-state index >= 15 is 0 Å². The summed E-state index contributed by atoms with van der Waals surface area (Å²) in [6.07, 6.45) is 3.21. The second-order valence-corrected chi connectivity index (χ2v) is 5.55. The summed E-state index contributed by atoms with van der Waals surface area (Å²) in [5, 5.41) is 0. The molecule has 1 heterocycles. The molecule has 1 aliphatic rings. The van der Waals surface area contributed by atoms with Gasteiger partial charge in [-0.2, -0.15) is 0 Å². The minimum atomic E-state index is 0.129. The van der Waals surface area contributed by atoms with Gasteiger partial charge in [0.25, 0.3) is 0 Å². The number of carbonyl (C=O) groups is 1. The first-order valence-electron chi connectivity index (χ1n) is 6.98. The Labute approximate surface area is 110 Å².